The van der Waals surface area contributed by atoms with E-state index in [-0.39, 0.29) is 12.0 Å². The van der Waals surface area contributed by atoms with Crippen molar-refractivity contribution < 1.29 is 23.5 Å². The molecule has 1 amide bonds. The number of amides is 1. The highest BCUT2D eigenvalue weighted by atomic mass is 19.1. The van der Waals surface area contributed by atoms with Crippen LogP contribution >= 0.6 is 0 Å². The number of carbonyl (C=O) groups is 2. The minimum absolute atomic E-state index is 0.000242. The van der Waals surface area contributed by atoms with Crippen LogP contribution in [0.5, 0.6) is 0 Å². The summed E-state index contributed by atoms with van der Waals surface area (Å²) in [5, 5.41) is 12.4. The Bertz CT molecular complexity index is 1070. The molecular formula is C23H17F2NO3. The zero-order chi connectivity index (χ0) is 20.5. The molecule has 0 radical (unpaired) electrons. The minimum Gasteiger partial charge on any atom is -0.480 e. The van der Waals surface area contributed by atoms with E-state index >= 15 is 0 Å². The lowest BCUT2D eigenvalue weighted by Crippen LogP contribution is -2.45. The van der Waals surface area contributed by atoms with Crippen LogP contribution in [0.15, 0.2) is 66.7 Å². The molecule has 0 fully saturated rings. The van der Waals surface area contributed by atoms with Crippen molar-refractivity contribution >= 4 is 11.9 Å². The Hall–Kier alpha value is -3.54. The summed E-state index contributed by atoms with van der Waals surface area (Å²) in [5.74, 6) is -3.99. The van der Waals surface area contributed by atoms with Gasteiger partial charge in [-0.1, -0.05) is 54.6 Å². The molecule has 0 aromatic heterocycles. The van der Waals surface area contributed by atoms with Gasteiger partial charge in [0.15, 0.2) is 0 Å². The highest BCUT2D eigenvalue weighted by Gasteiger charge is 2.38. The number of carboxylic acids is 1. The molecule has 29 heavy (non-hydrogen) atoms. The van der Waals surface area contributed by atoms with Crippen molar-refractivity contribution in [2.24, 2.45) is 0 Å². The molecule has 0 saturated carbocycles. The van der Waals surface area contributed by atoms with Gasteiger partial charge in [-0.3, -0.25) is 4.79 Å². The fraction of sp³-hybridized carbons (Fsp3) is 0.130. The third-order valence-electron chi connectivity index (χ3n) is 5.16. The molecule has 4 rings (SSSR count). The van der Waals surface area contributed by atoms with Gasteiger partial charge in [0.1, 0.15) is 17.7 Å². The maximum atomic E-state index is 13.9. The zero-order valence-electron chi connectivity index (χ0n) is 15.2. The Morgan fingerprint density at radius 2 is 1.52 bits per heavy atom. The Morgan fingerprint density at radius 3 is 2.07 bits per heavy atom. The van der Waals surface area contributed by atoms with Gasteiger partial charge in [0.2, 0.25) is 5.91 Å². The quantitative estimate of drug-likeness (QED) is 0.691. The normalized spacial score (nSPS) is 13.4. The first-order chi connectivity index (χ1) is 14.0. The van der Waals surface area contributed by atoms with Gasteiger partial charge < -0.3 is 10.4 Å². The van der Waals surface area contributed by atoms with E-state index in [2.05, 4.69) is 5.32 Å². The van der Waals surface area contributed by atoms with E-state index in [1.165, 1.54) is 6.07 Å². The molecule has 3 aromatic carbocycles. The van der Waals surface area contributed by atoms with E-state index in [1.807, 2.05) is 48.5 Å². The summed E-state index contributed by atoms with van der Waals surface area (Å²) in [6, 6.07) is 16.7. The summed E-state index contributed by atoms with van der Waals surface area (Å²) in [6.07, 6.45) is -0.383. The Morgan fingerprint density at radius 1 is 0.931 bits per heavy atom. The maximum Gasteiger partial charge on any atom is 0.327 e. The molecule has 1 aliphatic carbocycles. The maximum absolute atomic E-state index is 13.9. The summed E-state index contributed by atoms with van der Waals surface area (Å²) < 4.78 is 26.9. The van der Waals surface area contributed by atoms with E-state index < -0.39 is 35.5 Å². The number of fused-ring (bicyclic) bond motifs is 3. The number of rotatable bonds is 5. The average Bonchev–Trinajstić information content (AvgIpc) is 3.02. The molecule has 0 unspecified atom stereocenters. The van der Waals surface area contributed by atoms with E-state index in [1.54, 1.807) is 0 Å². The van der Waals surface area contributed by atoms with Gasteiger partial charge in [0.25, 0.3) is 0 Å². The van der Waals surface area contributed by atoms with Crippen molar-refractivity contribution in [2.75, 3.05) is 0 Å². The van der Waals surface area contributed by atoms with Crippen LogP contribution in [0.4, 0.5) is 8.78 Å². The largest absolute Gasteiger partial charge is 0.480 e. The van der Waals surface area contributed by atoms with Crippen LogP contribution in [0.2, 0.25) is 0 Å². The van der Waals surface area contributed by atoms with Gasteiger partial charge in [-0.05, 0) is 33.9 Å². The number of benzene rings is 3. The third-order valence-corrected chi connectivity index (χ3v) is 5.16. The molecule has 1 atom stereocenters. The highest BCUT2D eigenvalue weighted by Crippen LogP contribution is 2.46. The molecule has 3 aromatic rings. The number of nitrogens with one attached hydrogen (secondary N) is 1. The van der Waals surface area contributed by atoms with Crippen LogP contribution in [-0.4, -0.2) is 23.0 Å². The van der Waals surface area contributed by atoms with Crippen LogP contribution in [0.3, 0.4) is 0 Å². The number of aliphatic carboxylic acids is 1. The van der Waals surface area contributed by atoms with E-state index in [4.69, 9.17) is 0 Å². The lowest BCUT2D eigenvalue weighted by atomic mass is 9.89. The van der Waals surface area contributed by atoms with Crippen molar-refractivity contribution in [1.82, 2.24) is 5.32 Å². The van der Waals surface area contributed by atoms with Gasteiger partial charge in [0, 0.05) is 12.0 Å². The van der Waals surface area contributed by atoms with E-state index in [0.29, 0.717) is 6.07 Å². The Kier molecular flexibility index (Phi) is 4.84. The number of hydrogen-bond acceptors (Lipinski definition) is 2. The number of hydrogen-bond donors (Lipinski definition) is 2. The lowest BCUT2D eigenvalue weighted by molar-refractivity contribution is -0.142. The lowest BCUT2D eigenvalue weighted by Gasteiger charge is -2.23. The second kappa shape index (κ2) is 7.47. The van der Waals surface area contributed by atoms with Gasteiger partial charge in [-0.25, -0.2) is 13.6 Å². The summed E-state index contributed by atoms with van der Waals surface area (Å²) in [6.45, 7) is 0. The van der Waals surface area contributed by atoms with Crippen molar-refractivity contribution in [1.29, 1.82) is 0 Å². The van der Waals surface area contributed by atoms with Gasteiger partial charge >= 0.3 is 5.97 Å². The van der Waals surface area contributed by atoms with Crippen LogP contribution in [0, 0.1) is 11.6 Å². The van der Waals surface area contributed by atoms with Crippen molar-refractivity contribution in [3.05, 3.63) is 95.1 Å². The first-order valence-corrected chi connectivity index (χ1v) is 9.10. The van der Waals surface area contributed by atoms with Crippen LogP contribution in [0.1, 0.15) is 22.6 Å². The molecule has 0 aliphatic heterocycles. The third kappa shape index (κ3) is 3.49. The molecule has 0 heterocycles. The molecule has 0 spiro atoms. The molecule has 4 nitrogen and oxygen atoms in total. The highest BCUT2D eigenvalue weighted by molar-refractivity contribution is 5.89. The SMILES string of the molecule is O=C(Cc1ccc(F)cc1F)N[C@@H](C(=O)O)C1c2ccccc2-c2ccccc21. The predicted octanol–water partition coefficient (Wildman–Crippen LogP) is 3.89. The molecule has 2 N–H and O–H groups in total. The topological polar surface area (TPSA) is 66.4 Å². The van der Waals surface area contributed by atoms with Gasteiger partial charge in [0.05, 0.1) is 6.42 Å². The van der Waals surface area contributed by atoms with Crippen LogP contribution < -0.4 is 5.32 Å². The first-order valence-electron chi connectivity index (χ1n) is 9.10. The van der Waals surface area contributed by atoms with E-state index in [9.17, 15) is 23.5 Å². The summed E-state index contributed by atoms with van der Waals surface area (Å²) in [7, 11) is 0. The molecule has 6 heteroatoms. The fourth-order valence-corrected chi connectivity index (χ4v) is 3.90. The van der Waals surface area contributed by atoms with Crippen molar-refractivity contribution in [3.8, 4) is 11.1 Å². The molecule has 1 aliphatic rings. The Labute approximate surface area is 165 Å². The van der Waals surface area contributed by atoms with Gasteiger partial charge in [-0.15, -0.1) is 0 Å². The monoisotopic (exact) mass is 393 g/mol. The summed E-state index contributed by atoms with van der Waals surface area (Å²) in [4.78, 5) is 24.6. The Balaban J connectivity index is 1.65. The fourth-order valence-electron chi connectivity index (χ4n) is 3.90. The number of halogens is 2. The predicted molar refractivity (Wildman–Crippen MR) is 103 cm³/mol. The number of carbonyl (C=O) groups excluding carboxylic acids is 1. The second-order valence-electron chi connectivity index (χ2n) is 6.95. The average molecular weight is 393 g/mol. The molecule has 0 bridgehead atoms. The van der Waals surface area contributed by atoms with E-state index in [0.717, 1.165) is 28.3 Å². The van der Waals surface area contributed by atoms with Gasteiger partial charge in [-0.2, -0.15) is 0 Å². The summed E-state index contributed by atoms with van der Waals surface area (Å²) >= 11 is 0. The standard InChI is InChI=1S/C23H17F2NO3/c24-14-10-9-13(19(25)12-14)11-20(27)26-22(23(28)29)21-17-7-3-1-5-15(17)16-6-2-4-8-18(16)21/h1-10,12,21-22H,11H2,(H,26,27)(H,28,29)/t22-/m1/s1. The van der Waals surface area contributed by atoms with Crippen molar-refractivity contribution in [3.63, 3.8) is 0 Å². The minimum atomic E-state index is -1.23. The number of carboxylic acid groups (broad SMARTS) is 1. The smallest absolute Gasteiger partial charge is 0.327 e. The van der Waals surface area contributed by atoms with Crippen LogP contribution in [0.25, 0.3) is 11.1 Å². The molecule has 146 valence electrons. The second-order valence-corrected chi connectivity index (χ2v) is 6.95. The summed E-state index contributed by atoms with van der Waals surface area (Å²) in [5.41, 5.74) is 3.49. The molecule has 0 saturated heterocycles. The van der Waals surface area contributed by atoms with Crippen LogP contribution in [-0.2, 0) is 16.0 Å². The van der Waals surface area contributed by atoms with Crippen molar-refractivity contribution in [2.45, 2.75) is 18.4 Å². The zero-order valence-corrected chi connectivity index (χ0v) is 15.2. The molecular weight excluding hydrogens is 376 g/mol. The first kappa shape index (κ1) is 18.8.